The lowest BCUT2D eigenvalue weighted by atomic mass is 9.83. The quantitative estimate of drug-likeness (QED) is 0.192. The first-order chi connectivity index (χ1) is 31.7. The van der Waals surface area contributed by atoms with Crippen LogP contribution in [0.1, 0.15) is 34.3 Å². The van der Waals surface area contributed by atoms with E-state index in [4.69, 9.17) is 29.1 Å². The van der Waals surface area contributed by atoms with Gasteiger partial charge in [-0.1, -0.05) is 133 Å². The zero-order valence-corrected chi connectivity index (χ0v) is 21.5. The van der Waals surface area contributed by atoms with Crippen molar-refractivity contribution in [2.75, 3.05) is 0 Å². The summed E-state index contributed by atoms with van der Waals surface area (Å²) in [4.78, 5) is 0. The molecule has 0 N–H and O–H groups in total. The van der Waals surface area contributed by atoms with Gasteiger partial charge in [-0.3, -0.25) is 0 Å². The summed E-state index contributed by atoms with van der Waals surface area (Å²) in [6.45, 7) is 0. The molecule has 1 heterocycles. The lowest BCUT2D eigenvalue weighted by Gasteiger charge is -2.19. The molecule has 0 atom stereocenters. The summed E-state index contributed by atoms with van der Waals surface area (Å²) in [5.41, 5.74) is -5.23. The Morgan fingerprint density at radius 1 is 0.395 bits per heavy atom. The highest BCUT2D eigenvalue weighted by Crippen LogP contribution is 2.47. The smallest absolute Gasteiger partial charge is 0.136 e. The lowest BCUT2D eigenvalue weighted by Crippen LogP contribution is -1.92. The fraction of sp³-hybridized carbons (Fsp3) is 0. The molecule has 0 aliphatic rings. The minimum absolute atomic E-state index is 0.390. The van der Waals surface area contributed by atoms with Gasteiger partial charge in [0, 0.05) is 10.8 Å². The Morgan fingerprint density at radius 3 is 1.74 bits per heavy atom. The minimum Gasteiger partial charge on any atom is -0.456 e. The van der Waals surface area contributed by atoms with E-state index in [1.165, 1.54) is 0 Å². The molecule has 0 aliphatic carbocycles. The number of benzene rings is 8. The van der Waals surface area contributed by atoms with Crippen molar-refractivity contribution in [2.24, 2.45) is 0 Å². The van der Waals surface area contributed by atoms with Crippen LogP contribution in [0.15, 0.2) is 162 Å². The molecule has 0 spiro atoms. The second-order valence-corrected chi connectivity index (χ2v) is 9.34. The number of furan rings is 1. The summed E-state index contributed by atoms with van der Waals surface area (Å²) in [6, 6.07) is -21.0. The molecule has 200 valence electrons. The van der Waals surface area contributed by atoms with Gasteiger partial charge in [0.05, 0.1) is 34.3 Å². The number of hydrogen-bond acceptors (Lipinski definition) is 1. The van der Waals surface area contributed by atoms with Gasteiger partial charge in [-0.2, -0.15) is 0 Å². The van der Waals surface area contributed by atoms with Crippen LogP contribution < -0.4 is 0 Å². The molecule has 0 bridgehead atoms. The van der Waals surface area contributed by atoms with E-state index in [9.17, 15) is 9.60 Å². The van der Waals surface area contributed by atoms with Gasteiger partial charge in [0.1, 0.15) is 11.2 Å². The molecule has 0 radical (unpaired) electrons. The van der Waals surface area contributed by atoms with Gasteiger partial charge in [-0.15, -0.1) is 0 Å². The van der Waals surface area contributed by atoms with Crippen molar-refractivity contribution in [3.05, 3.63) is 157 Å². The molecule has 9 rings (SSSR count). The Labute approximate surface area is 284 Å². The third-order valence-corrected chi connectivity index (χ3v) is 7.09. The second-order valence-electron chi connectivity index (χ2n) is 9.34. The third-order valence-electron chi connectivity index (χ3n) is 7.09. The predicted molar refractivity (Wildman–Crippen MR) is 183 cm³/mol. The van der Waals surface area contributed by atoms with Crippen molar-refractivity contribution in [1.29, 1.82) is 0 Å². The summed E-state index contributed by atoms with van der Waals surface area (Å²) >= 11 is 0. The average Bonchev–Trinajstić information content (AvgIpc) is 3.71. The number of rotatable bonds is 3. The fourth-order valence-electron chi connectivity index (χ4n) is 5.36. The molecule has 0 fully saturated rings. The van der Waals surface area contributed by atoms with Gasteiger partial charge in [0.15, 0.2) is 0 Å². The van der Waals surface area contributed by atoms with Crippen molar-refractivity contribution in [1.82, 2.24) is 0 Å². The second kappa shape index (κ2) is 9.44. The number of hydrogen-bond donors (Lipinski definition) is 0. The van der Waals surface area contributed by atoms with Gasteiger partial charge >= 0.3 is 0 Å². The van der Waals surface area contributed by atoms with Crippen LogP contribution in [0.3, 0.4) is 0 Å². The van der Waals surface area contributed by atoms with E-state index in [2.05, 4.69) is 0 Å². The van der Waals surface area contributed by atoms with E-state index in [1.807, 2.05) is 0 Å². The van der Waals surface area contributed by atoms with Crippen LogP contribution in [0.5, 0.6) is 0 Å². The van der Waals surface area contributed by atoms with Gasteiger partial charge < -0.3 is 4.42 Å². The van der Waals surface area contributed by atoms with Crippen LogP contribution in [0.25, 0.3) is 87.6 Å². The first kappa shape index (κ1) is 9.97. The van der Waals surface area contributed by atoms with Crippen LogP contribution in [0, 0.1) is 0 Å². The summed E-state index contributed by atoms with van der Waals surface area (Å²) in [5.74, 6) is 0. The maximum atomic E-state index is 9.91. The molecule has 0 unspecified atom stereocenters. The minimum atomic E-state index is -0.978. The topological polar surface area (TPSA) is 13.1 Å². The Hall–Kier alpha value is -5.66. The number of para-hydroxylation sites is 1. The van der Waals surface area contributed by atoms with E-state index in [0.717, 1.165) is 6.07 Å². The highest BCUT2D eigenvalue weighted by Gasteiger charge is 2.20. The van der Waals surface area contributed by atoms with E-state index >= 15 is 0 Å². The highest BCUT2D eigenvalue weighted by atomic mass is 16.3. The maximum Gasteiger partial charge on any atom is 0.136 e. The molecular formula is C42H26O. The fourth-order valence-corrected chi connectivity index (χ4v) is 5.36. The van der Waals surface area contributed by atoms with Gasteiger partial charge in [-0.05, 0) is 89.9 Å². The molecule has 8 aromatic carbocycles. The Morgan fingerprint density at radius 2 is 1.00 bits per heavy atom. The zero-order chi connectivity index (χ0) is 50.1. The predicted octanol–water partition coefficient (Wildman–Crippen LogP) is 12.0. The summed E-state index contributed by atoms with van der Waals surface area (Å²) in [5, 5.41) is -4.70. The van der Waals surface area contributed by atoms with Crippen molar-refractivity contribution < 1.29 is 38.7 Å². The molecule has 1 heteroatoms. The molecule has 1 aromatic heterocycles. The van der Waals surface area contributed by atoms with Crippen LogP contribution >= 0.6 is 0 Å². The first-order valence-corrected chi connectivity index (χ1v) is 12.7. The largest absolute Gasteiger partial charge is 0.456 e. The molecule has 0 saturated heterocycles. The molecule has 43 heavy (non-hydrogen) atoms. The van der Waals surface area contributed by atoms with Crippen LogP contribution in [0.2, 0.25) is 0 Å². The van der Waals surface area contributed by atoms with Crippen molar-refractivity contribution in [3.8, 4) is 33.4 Å². The summed E-state index contributed by atoms with van der Waals surface area (Å²) in [7, 11) is 0. The zero-order valence-electron chi connectivity index (χ0n) is 46.5. The monoisotopic (exact) mass is 571 g/mol. The summed E-state index contributed by atoms with van der Waals surface area (Å²) in [6.07, 6.45) is 0. The van der Waals surface area contributed by atoms with E-state index in [-0.39, 0.29) is 0 Å². The highest BCUT2D eigenvalue weighted by molar-refractivity contribution is 6.26. The van der Waals surface area contributed by atoms with Gasteiger partial charge in [0.2, 0.25) is 0 Å². The third kappa shape index (κ3) is 3.65. The Kier molecular flexibility index (Phi) is 2.19. The molecule has 0 saturated carbocycles. The normalized spacial score (nSPS) is 19.9. The van der Waals surface area contributed by atoms with Crippen LogP contribution in [0.4, 0.5) is 0 Å². The molecule has 1 nitrogen and oxygen atoms in total. The van der Waals surface area contributed by atoms with E-state index in [1.54, 1.807) is 0 Å². The van der Waals surface area contributed by atoms with Crippen LogP contribution in [-0.2, 0) is 0 Å². The van der Waals surface area contributed by atoms with E-state index < -0.39 is 239 Å². The standard InChI is InChI=1S/C42H26O/c1-2-13-27(14-3-1)37-26-29(25-28-15-4-5-16-30(28)37)40-31-17-6-8-19-33(31)41(34-20-9-7-18-32(34)40)36-22-12-24-39-42(36)35-21-10-11-23-38(35)43-39/h1-26H/i1D,2D,3D,4D,5D,6D,7D,8D,9D,10D,11D,12D,13D,14D,15D,17D,18D,19D,20D,21D,22D,23D,24D,25D,26D. The van der Waals surface area contributed by atoms with Crippen molar-refractivity contribution in [3.63, 3.8) is 0 Å². The molecule has 0 aliphatic heterocycles. The molecule has 0 amide bonds. The van der Waals surface area contributed by atoms with E-state index in [0.29, 0.717) is 0 Å². The molecule has 9 aromatic rings. The van der Waals surface area contributed by atoms with Gasteiger partial charge in [0.25, 0.3) is 0 Å². The van der Waals surface area contributed by atoms with Crippen molar-refractivity contribution in [2.45, 2.75) is 0 Å². The average molecular weight is 572 g/mol. The lowest BCUT2D eigenvalue weighted by molar-refractivity contribution is 0.669. The SMILES string of the molecule is [2H]c1cc2c(-c3c([2H])c([2H])c([2H])c([2H])c3[2H])c([2H])c(-c3c4c([2H])c([2H])c([2H])c([2H])c4c(-c4c([2H])c([2H])c([2H])c5oc6c([2H])c([2H])c([2H])c([2H])c6c45)c4c([2H])c([2H])c([2H])c([2H])c34)c([2H])c2c([2H])c1[2H]. The Balaban J connectivity index is 1.69. The van der Waals surface area contributed by atoms with Gasteiger partial charge in [-0.25, -0.2) is 0 Å². The molecular weight excluding hydrogens is 520 g/mol. The first-order valence-electron chi connectivity index (χ1n) is 25.2. The maximum absolute atomic E-state index is 9.91. The Bertz CT molecular complexity index is 3800. The number of fused-ring (bicyclic) bond motifs is 6. The summed E-state index contributed by atoms with van der Waals surface area (Å²) < 4.78 is 230. The van der Waals surface area contributed by atoms with Crippen LogP contribution in [-0.4, -0.2) is 0 Å². The van der Waals surface area contributed by atoms with Crippen molar-refractivity contribution >= 4 is 54.3 Å².